The number of hydrogen-bond donors (Lipinski definition) is 0. The molecular formula is C8H5ClF3NO3. The van der Waals surface area contributed by atoms with Crippen molar-refractivity contribution in [1.29, 1.82) is 0 Å². The highest BCUT2D eigenvalue weighted by atomic mass is 35.5. The molecule has 8 heteroatoms. The molecule has 1 aromatic rings. The maximum Gasteiger partial charge on any atom is 0.573 e. The lowest BCUT2D eigenvalue weighted by Gasteiger charge is -2.10. The fraction of sp³-hybridized carbons (Fsp3) is 0.250. The topological polar surface area (TPSA) is 52.4 Å². The van der Waals surface area contributed by atoms with E-state index in [0.29, 0.717) is 0 Å². The number of ether oxygens (including phenoxy) is 1. The number of aryl methyl sites for hydroxylation is 1. The zero-order chi connectivity index (χ0) is 12.5. The van der Waals surface area contributed by atoms with Crippen LogP contribution in [0.1, 0.15) is 5.56 Å². The molecule has 0 amide bonds. The van der Waals surface area contributed by atoms with E-state index in [1.165, 1.54) is 13.0 Å². The Bertz CT molecular complexity index is 433. The summed E-state index contributed by atoms with van der Waals surface area (Å²) in [7, 11) is 0. The van der Waals surface area contributed by atoms with Gasteiger partial charge in [0.2, 0.25) is 5.75 Å². The first kappa shape index (κ1) is 12.6. The van der Waals surface area contributed by atoms with Crippen molar-refractivity contribution in [2.24, 2.45) is 0 Å². The van der Waals surface area contributed by atoms with Crippen molar-refractivity contribution in [2.75, 3.05) is 0 Å². The maximum absolute atomic E-state index is 12.0. The average molecular weight is 256 g/mol. The number of rotatable bonds is 2. The molecule has 16 heavy (non-hydrogen) atoms. The van der Waals surface area contributed by atoms with Crippen molar-refractivity contribution in [3.63, 3.8) is 0 Å². The van der Waals surface area contributed by atoms with Crippen LogP contribution >= 0.6 is 11.6 Å². The molecule has 0 aliphatic carbocycles. The minimum atomic E-state index is -5.00. The van der Waals surface area contributed by atoms with Crippen LogP contribution < -0.4 is 4.74 Å². The van der Waals surface area contributed by atoms with Gasteiger partial charge in [-0.2, -0.15) is 0 Å². The smallest absolute Gasteiger partial charge is 0.398 e. The van der Waals surface area contributed by atoms with Gasteiger partial charge in [-0.05, 0) is 13.0 Å². The van der Waals surface area contributed by atoms with Crippen molar-refractivity contribution in [2.45, 2.75) is 13.3 Å². The summed E-state index contributed by atoms with van der Waals surface area (Å²) in [6.45, 7) is 1.27. The number of hydrogen-bond acceptors (Lipinski definition) is 3. The Morgan fingerprint density at radius 3 is 2.44 bits per heavy atom. The first-order valence-corrected chi connectivity index (χ1v) is 4.29. The normalized spacial score (nSPS) is 11.3. The molecular weight excluding hydrogens is 251 g/mol. The second-order valence-electron chi connectivity index (χ2n) is 2.87. The predicted molar refractivity (Wildman–Crippen MR) is 49.5 cm³/mol. The molecule has 0 saturated carbocycles. The summed E-state index contributed by atoms with van der Waals surface area (Å²) >= 11 is 5.49. The number of alkyl halides is 3. The highest BCUT2D eigenvalue weighted by molar-refractivity contribution is 6.30. The third kappa shape index (κ3) is 2.99. The Labute approximate surface area is 92.7 Å². The van der Waals surface area contributed by atoms with Crippen molar-refractivity contribution in [3.8, 4) is 5.75 Å². The van der Waals surface area contributed by atoms with Gasteiger partial charge in [0.05, 0.1) is 4.92 Å². The van der Waals surface area contributed by atoms with Gasteiger partial charge in [0.1, 0.15) is 0 Å². The maximum atomic E-state index is 12.0. The van der Waals surface area contributed by atoms with E-state index in [4.69, 9.17) is 11.6 Å². The number of nitro benzene ring substituents is 1. The summed E-state index contributed by atoms with van der Waals surface area (Å²) in [5, 5.41) is 10.5. The van der Waals surface area contributed by atoms with E-state index >= 15 is 0 Å². The van der Waals surface area contributed by atoms with Gasteiger partial charge in [0.15, 0.2) is 0 Å². The van der Waals surface area contributed by atoms with Gasteiger partial charge < -0.3 is 4.74 Å². The van der Waals surface area contributed by atoms with Crippen molar-refractivity contribution in [1.82, 2.24) is 0 Å². The van der Waals surface area contributed by atoms with Crippen molar-refractivity contribution < 1.29 is 22.8 Å². The van der Waals surface area contributed by atoms with Crippen LogP contribution in [0.25, 0.3) is 0 Å². The summed E-state index contributed by atoms with van der Waals surface area (Å²) in [6, 6.07) is 1.93. The summed E-state index contributed by atoms with van der Waals surface area (Å²) in [6.07, 6.45) is -5.00. The SMILES string of the molecule is Cc1cc(Cl)cc(OC(F)(F)F)c1[N+](=O)[O-]. The van der Waals surface area contributed by atoms with E-state index < -0.39 is 22.7 Å². The van der Waals surface area contributed by atoms with Crippen LogP contribution in [0.15, 0.2) is 12.1 Å². The van der Waals surface area contributed by atoms with Gasteiger partial charge in [-0.3, -0.25) is 10.1 Å². The van der Waals surface area contributed by atoms with Gasteiger partial charge in [-0.15, -0.1) is 13.2 Å². The zero-order valence-electron chi connectivity index (χ0n) is 7.84. The minimum absolute atomic E-state index is 0.00301. The van der Waals surface area contributed by atoms with E-state index in [0.717, 1.165) is 6.07 Å². The quantitative estimate of drug-likeness (QED) is 0.601. The molecule has 4 nitrogen and oxygen atoms in total. The Balaban J connectivity index is 3.30. The number of halogens is 4. The molecule has 0 unspecified atom stereocenters. The summed E-state index contributed by atoms with van der Waals surface area (Å²) < 4.78 is 39.4. The molecule has 0 bridgehead atoms. The highest BCUT2D eigenvalue weighted by Gasteiger charge is 2.35. The predicted octanol–water partition coefficient (Wildman–Crippen LogP) is 3.46. The van der Waals surface area contributed by atoms with Crippen LogP contribution in [0.4, 0.5) is 18.9 Å². The molecule has 88 valence electrons. The molecule has 1 aromatic carbocycles. The van der Waals surface area contributed by atoms with Crippen molar-refractivity contribution >= 4 is 17.3 Å². The molecule has 0 aliphatic heterocycles. The first-order valence-electron chi connectivity index (χ1n) is 3.91. The van der Waals surface area contributed by atoms with Crippen LogP contribution in [0.5, 0.6) is 5.75 Å². The number of nitro groups is 1. The van der Waals surface area contributed by atoms with Crippen LogP contribution in [0.3, 0.4) is 0 Å². The van der Waals surface area contributed by atoms with E-state index in [9.17, 15) is 23.3 Å². The van der Waals surface area contributed by atoms with Gasteiger partial charge >= 0.3 is 12.0 Å². The van der Waals surface area contributed by atoms with Gasteiger partial charge in [0.25, 0.3) is 0 Å². The van der Waals surface area contributed by atoms with Crippen LogP contribution in [0, 0.1) is 17.0 Å². The molecule has 0 aliphatic rings. The third-order valence-corrected chi connectivity index (χ3v) is 1.86. The van der Waals surface area contributed by atoms with Gasteiger partial charge in [0, 0.05) is 16.7 Å². The molecule has 1 rings (SSSR count). The second kappa shape index (κ2) is 4.17. The van der Waals surface area contributed by atoms with Crippen LogP contribution in [-0.2, 0) is 0 Å². The lowest BCUT2D eigenvalue weighted by molar-refractivity contribution is -0.389. The number of nitrogens with zero attached hydrogens (tertiary/aromatic N) is 1. The second-order valence-corrected chi connectivity index (χ2v) is 3.31. The lowest BCUT2D eigenvalue weighted by Crippen LogP contribution is -2.18. The monoisotopic (exact) mass is 255 g/mol. The Kier molecular flexibility index (Phi) is 3.27. The fourth-order valence-electron chi connectivity index (χ4n) is 1.14. The minimum Gasteiger partial charge on any atom is -0.398 e. The zero-order valence-corrected chi connectivity index (χ0v) is 8.59. The molecule has 0 heterocycles. The molecule has 0 aromatic heterocycles. The van der Waals surface area contributed by atoms with Gasteiger partial charge in [-0.25, -0.2) is 0 Å². The summed E-state index contributed by atoms with van der Waals surface area (Å²) in [5.41, 5.74) is -0.751. The van der Waals surface area contributed by atoms with E-state index in [2.05, 4.69) is 4.74 Å². The lowest BCUT2D eigenvalue weighted by atomic mass is 10.2. The van der Waals surface area contributed by atoms with E-state index in [-0.39, 0.29) is 10.6 Å². The molecule has 0 fully saturated rings. The van der Waals surface area contributed by atoms with Gasteiger partial charge in [-0.1, -0.05) is 11.6 Å². The molecule has 0 atom stereocenters. The summed E-state index contributed by atoms with van der Waals surface area (Å²) in [4.78, 5) is 9.60. The van der Waals surface area contributed by atoms with Crippen LogP contribution in [0.2, 0.25) is 5.02 Å². The van der Waals surface area contributed by atoms with E-state index in [1.54, 1.807) is 0 Å². The Hall–Kier alpha value is -1.50. The molecule has 0 saturated heterocycles. The van der Waals surface area contributed by atoms with Crippen LogP contribution in [-0.4, -0.2) is 11.3 Å². The molecule has 0 radical (unpaired) electrons. The van der Waals surface area contributed by atoms with Crippen molar-refractivity contribution in [3.05, 3.63) is 32.8 Å². The summed E-state index contributed by atoms with van der Waals surface area (Å²) in [5.74, 6) is -0.914. The number of benzene rings is 1. The standard InChI is InChI=1S/C8H5ClF3NO3/c1-4-2-5(9)3-6(7(4)13(14)15)16-8(10,11)12/h2-3H,1H3. The average Bonchev–Trinajstić information content (AvgIpc) is 1.96. The van der Waals surface area contributed by atoms with E-state index in [1.807, 2.05) is 0 Å². The molecule has 0 N–H and O–H groups in total. The largest absolute Gasteiger partial charge is 0.573 e. The highest BCUT2D eigenvalue weighted by Crippen LogP contribution is 2.36. The first-order chi connectivity index (χ1) is 7.20. The Morgan fingerprint density at radius 2 is 2.00 bits per heavy atom. The fourth-order valence-corrected chi connectivity index (χ4v) is 1.40. The Morgan fingerprint density at radius 1 is 1.44 bits per heavy atom. The molecule has 0 spiro atoms. The third-order valence-electron chi connectivity index (χ3n) is 1.64.